The Bertz CT molecular complexity index is 456. The van der Waals surface area contributed by atoms with Gasteiger partial charge in [0, 0.05) is 18.5 Å². The van der Waals surface area contributed by atoms with Gasteiger partial charge in [-0.05, 0) is 44.7 Å². The Balaban J connectivity index is 2.47. The van der Waals surface area contributed by atoms with Gasteiger partial charge >= 0.3 is 0 Å². The molecule has 104 valence electrons. The third kappa shape index (κ3) is 2.81. The summed E-state index contributed by atoms with van der Waals surface area (Å²) in [5.74, 6) is 0.233. The minimum absolute atomic E-state index is 0.0104. The summed E-state index contributed by atoms with van der Waals surface area (Å²) in [6, 6.07) is 8.47. The minimum Gasteiger partial charge on any atom is -0.332 e. The Morgan fingerprint density at radius 1 is 1.32 bits per heavy atom. The summed E-state index contributed by atoms with van der Waals surface area (Å²) in [5, 5.41) is 0. The molecule has 3 heteroatoms. The van der Waals surface area contributed by atoms with Gasteiger partial charge in [0.05, 0.1) is 6.04 Å². The van der Waals surface area contributed by atoms with Crippen LogP contribution in [0.25, 0.3) is 0 Å². The maximum atomic E-state index is 12.4. The van der Waals surface area contributed by atoms with E-state index >= 15 is 0 Å². The minimum atomic E-state index is 0.0104. The highest BCUT2D eigenvalue weighted by atomic mass is 16.2. The van der Waals surface area contributed by atoms with Gasteiger partial charge in [0.2, 0.25) is 5.91 Å². The van der Waals surface area contributed by atoms with E-state index in [0.717, 1.165) is 12.8 Å². The van der Waals surface area contributed by atoms with Crippen LogP contribution in [-0.4, -0.2) is 22.9 Å². The Morgan fingerprint density at radius 2 is 2.00 bits per heavy atom. The molecule has 2 atom stereocenters. The van der Waals surface area contributed by atoms with Crippen molar-refractivity contribution in [2.75, 3.05) is 0 Å². The average Bonchev–Trinajstić information content (AvgIpc) is 2.49. The van der Waals surface area contributed by atoms with E-state index in [1.807, 2.05) is 17.0 Å². The molecule has 3 nitrogen and oxygen atoms in total. The fourth-order valence-electron chi connectivity index (χ4n) is 3.05. The number of rotatable bonds is 2. The number of hydrogen-bond donors (Lipinski definition) is 1. The maximum absolute atomic E-state index is 12.4. The van der Waals surface area contributed by atoms with E-state index in [2.05, 4.69) is 32.9 Å². The first kappa shape index (κ1) is 14.1. The summed E-state index contributed by atoms with van der Waals surface area (Å²) in [6.45, 7) is 6.23. The summed E-state index contributed by atoms with van der Waals surface area (Å²) >= 11 is 0. The predicted octanol–water partition coefficient (Wildman–Crippen LogP) is 2.78. The number of carbonyl (C=O) groups is 1. The molecular weight excluding hydrogens is 236 g/mol. The monoisotopic (exact) mass is 260 g/mol. The molecule has 0 radical (unpaired) electrons. The topological polar surface area (TPSA) is 46.3 Å². The second-order valence-corrected chi connectivity index (χ2v) is 5.75. The molecule has 1 aromatic rings. The first-order valence-electron chi connectivity index (χ1n) is 7.14. The van der Waals surface area contributed by atoms with Gasteiger partial charge in [-0.1, -0.05) is 24.3 Å². The normalized spacial score (nSPS) is 24.7. The highest BCUT2D eigenvalue weighted by Crippen LogP contribution is 2.33. The molecule has 0 saturated carbocycles. The first-order valence-corrected chi connectivity index (χ1v) is 7.14. The van der Waals surface area contributed by atoms with E-state index in [1.165, 1.54) is 11.1 Å². The summed E-state index contributed by atoms with van der Waals surface area (Å²) in [4.78, 5) is 14.4. The van der Waals surface area contributed by atoms with Crippen molar-refractivity contribution in [3.8, 4) is 0 Å². The van der Waals surface area contributed by atoms with Crippen LogP contribution in [0.1, 0.15) is 50.3 Å². The number of hydrogen-bond acceptors (Lipinski definition) is 2. The van der Waals surface area contributed by atoms with E-state index in [0.29, 0.717) is 6.42 Å². The van der Waals surface area contributed by atoms with Gasteiger partial charge < -0.3 is 10.6 Å². The molecule has 1 aromatic carbocycles. The molecule has 2 rings (SSSR count). The first-order chi connectivity index (χ1) is 9.02. The molecule has 0 spiro atoms. The highest BCUT2D eigenvalue weighted by Gasteiger charge is 2.34. The molecule has 1 saturated heterocycles. The van der Waals surface area contributed by atoms with Gasteiger partial charge in [0.25, 0.3) is 0 Å². The molecule has 2 unspecified atom stereocenters. The number of carbonyl (C=O) groups excluding carboxylic acids is 1. The van der Waals surface area contributed by atoms with Crippen molar-refractivity contribution in [1.82, 2.24) is 4.90 Å². The molecule has 1 fully saturated rings. The van der Waals surface area contributed by atoms with Crippen LogP contribution < -0.4 is 5.73 Å². The fourth-order valence-corrected chi connectivity index (χ4v) is 3.05. The van der Waals surface area contributed by atoms with Crippen molar-refractivity contribution in [3.05, 3.63) is 35.4 Å². The van der Waals surface area contributed by atoms with Crippen LogP contribution in [-0.2, 0) is 4.79 Å². The van der Waals surface area contributed by atoms with Crippen molar-refractivity contribution >= 4 is 5.91 Å². The lowest BCUT2D eigenvalue weighted by Gasteiger charge is -2.37. The van der Waals surface area contributed by atoms with Gasteiger partial charge in [0.15, 0.2) is 0 Å². The van der Waals surface area contributed by atoms with Crippen LogP contribution in [0.3, 0.4) is 0 Å². The summed E-state index contributed by atoms with van der Waals surface area (Å²) in [7, 11) is 0. The Hall–Kier alpha value is -1.35. The molecule has 1 aliphatic heterocycles. The lowest BCUT2D eigenvalue weighted by molar-refractivity contribution is -0.135. The Morgan fingerprint density at radius 3 is 2.63 bits per heavy atom. The van der Waals surface area contributed by atoms with Crippen molar-refractivity contribution in [2.24, 2.45) is 5.73 Å². The lowest BCUT2D eigenvalue weighted by atomic mass is 9.92. The standard InChI is InChI=1S/C16H24N2O/c1-11(2)18-15(19)10-6-9-14(17)16(18)13-8-5-4-7-12(13)3/h4-5,7-8,11,14,16H,6,9-10,17H2,1-3H3. The largest absolute Gasteiger partial charge is 0.332 e. The smallest absolute Gasteiger partial charge is 0.223 e. The molecule has 1 amide bonds. The lowest BCUT2D eigenvalue weighted by Crippen LogP contribution is -2.45. The SMILES string of the molecule is Cc1ccccc1C1C(N)CCCC(=O)N1C(C)C. The van der Waals surface area contributed by atoms with E-state index in [4.69, 9.17) is 5.73 Å². The van der Waals surface area contributed by atoms with E-state index < -0.39 is 0 Å². The van der Waals surface area contributed by atoms with Crippen molar-refractivity contribution in [1.29, 1.82) is 0 Å². The second kappa shape index (κ2) is 5.74. The van der Waals surface area contributed by atoms with E-state index in [9.17, 15) is 4.79 Å². The summed E-state index contributed by atoms with van der Waals surface area (Å²) in [5.41, 5.74) is 8.78. The Labute approximate surface area is 115 Å². The summed E-state index contributed by atoms with van der Waals surface area (Å²) in [6.07, 6.45) is 2.42. The zero-order chi connectivity index (χ0) is 14.0. The quantitative estimate of drug-likeness (QED) is 0.888. The number of amides is 1. The fraction of sp³-hybridized carbons (Fsp3) is 0.562. The zero-order valence-electron chi connectivity index (χ0n) is 12.1. The van der Waals surface area contributed by atoms with Crippen LogP contribution in [0.5, 0.6) is 0 Å². The van der Waals surface area contributed by atoms with Gasteiger partial charge in [-0.15, -0.1) is 0 Å². The van der Waals surface area contributed by atoms with Crippen LogP contribution in [0, 0.1) is 6.92 Å². The number of aryl methyl sites for hydroxylation is 1. The van der Waals surface area contributed by atoms with Gasteiger partial charge in [-0.3, -0.25) is 4.79 Å². The highest BCUT2D eigenvalue weighted by molar-refractivity contribution is 5.77. The molecule has 0 aromatic heterocycles. The maximum Gasteiger partial charge on any atom is 0.223 e. The molecule has 1 aliphatic rings. The van der Waals surface area contributed by atoms with Gasteiger partial charge in [-0.2, -0.15) is 0 Å². The molecule has 0 aliphatic carbocycles. The van der Waals surface area contributed by atoms with Crippen LogP contribution in [0.4, 0.5) is 0 Å². The Kier molecular flexibility index (Phi) is 4.25. The molecule has 19 heavy (non-hydrogen) atoms. The van der Waals surface area contributed by atoms with Crippen molar-refractivity contribution < 1.29 is 4.79 Å². The van der Waals surface area contributed by atoms with E-state index in [-0.39, 0.29) is 24.0 Å². The number of likely N-dealkylation sites (tertiary alicyclic amines) is 1. The molecular formula is C16H24N2O. The second-order valence-electron chi connectivity index (χ2n) is 5.75. The molecule has 0 bridgehead atoms. The van der Waals surface area contributed by atoms with Crippen molar-refractivity contribution in [2.45, 2.75) is 58.2 Å². The molecule has 2 N–H and O–H groups in total. The average molecular weight is 260 g/mol. The predicted molar refractivity (Wildman–Crippen MR) is 77.7 cm³/mol. The summed E-state index contributed by atoms with van der Waals surface area (Å²) < 4.78 is 0. The number of nitrogens with zero attached hydrogens (tertiary/aromatic N) is 1. The third-order valence-electron chi connectivity index (χ3n) is 3.98. The van der Waals surface area contributed by atoms with E-state index in [1.54, 1.807) is 0 Å². The van der Waals surface area contributed by atoms with Gasteiger partial charge in [0.1, 0.15) is 0 Å². The molecule has 1 heterocycles. The third-order valence-corrected chi connectivity index (χ3v) is 3.98. The van der Waals surface area contributed by atoms with Gasteiger partial charge in [-0.25, -0.2) is 0 Å². The van der Waals surface area contributed by atoms with Crippen molar-refractivity contribution in [3.63, 3.8) is 0 Å². The van der Waals surface area contributed by atoms with Crippen LogP contribution in [0.15, 0.2) is 24.3 Å². The number of nitrogens with two attached hydrogens (primary N) is 1. The van der Waals surface area contributed by atoms with Crippen LogP contribution >= 0.6 is 0 Å². The zero-order valence-corrected chi connectivity index (χ0v) is 12.1. The number of benzene rings is 1. The van der Waals surface area contributed by atoms with Crippen LogP contribution in [0.2, 0.25) is 0 Å².